The standard InChI is InChI=1S/C82H90F6N4O35/c83-81(84,85)32-16-31(17-33(21-32)82(86,87)88)52-42-15-13-40(91-42)50(29-5-2-8-35(19-29)117-76-70(114)64(108)73(47(26-97)123-76)126-79-67(111)61(105)56(100)44(23-94)120-79)38-11-10-37(89-38)49(28-4-1-7-34(18-28)116-75-69(113)63(107)72(46(25-96)122-75)125-78-66(110)60(104)55(99)43(22-93)119-78)39-12-14-41(90-39)51(53-58(102)59(103)54(52)92-53)30-6-3-9-36(20-30)118-77-71(115)65(109)74(48(27-98)124-77)127-80-68(112)62(106)57(101)45(24-95)121-80/h1-21,43-48,55-80,90-91,93-115H,22-27H2/t43?,44?,45?,46?,47?,48?,55-,56-,57-,58+,59-,60-,61-,62-,63+,64+,65+,66?,67?,68?,69?,70?,71?,72+,73+,74+,75+,76+,77+,78-,79-,80-/m0/s1. The number of hydrogen-bond donors (Lipinski definition) is 25. The molecule has 8 aliphatic heterocycles. The Bertz CT molecular complexity index is 5210. The van der Waals surface area contributed by atoms with Gasteiger partial charge in [0.2, 0.25) is 18.9 Å². The molecule has 690 valence electrons. The maximum atomic E-state index is 15.2. The van der Waals surface area contributed by atoms with E-state index < -0.39 is 282 Å². The molecule has 6 saturated heterocycles. The van der Waals surface area contributed by atoms with E-state index in [4.69, 9.17) is 66.8 Å². The van der Waals surface area contributed by atoms with Gasteiger partial charge in [0.25, 0.3) is 0 Å². The van der Waals surface area contributed by atoms with Crippen molar-refractivity contribution in [3.63, 3.8) is 0 Å². The number of aromatic amines is 2. The van der Waals surface area contributed by atoms with Gasteiger partial charge >= 0.3 is 12.4 Å². The number of aliphatic hydroxyl groups is 23. The highest BCUT2D eigenvalue weighted by atomic mass is 19.4. The average Bonchev–Trinajstić information content (AvgIpc) is 1.60. The molecule has 3 aromatic heterocycles. The van der Waals surface area contributed by atoms with E-state index in [1.54, 1.807) is 6.07 Å². The van der Waals surface area contributed by atoms with Gasteiger partial charge in [-0.15, -0.1) is 0 Å². The molecule has 7 aromatic rings. The number of ether oxygens (including phenoxy) is 12. The van der Waals surface area contributed by atoms with Gasteiger partial charge in [-0.2, -0.15) is 26.3 Å². The van der Waals surface area contributed by atoms with Gasteiger partial charge in [0, 0.05) is 44.3 Å². The third-order valence-corrected chi connectivity index (χ3v) is 23.1. The van der Waals surface area contributed by atoms with E-state index >= 15 is 26.3 Å². The van der Waals surface area contributed by atoms with Gasteiger partial charge in [0.1, 0.15) is 176 Å². The summed E-state index contributed by atoms with van der Waals surface area (Å²) >= 11 is 0. The van der Waals surface area contributed by atoms with E-state index in [9.17, 15) is 117 Å². The molecule has 4 aromatic carbocycles. The number of halogens is 6. The molecular formula is C82H90F6N4O35. The van der Waals surface area contributed by atoms with Crippen LogP contribution in [0.2, 0.25) is 0 Å². The fraction of sp³-hybridized carbons (Fsp3) is 0.488. The third kappa shape index (κ3) is 18.3. The first-order chi connectivity index (χ1) is 60.4. The highest BCUT2D eigenvalue weighted by Gasteiger charge is 2.56. The maximum Gasteiger partial charge on any atom is 0.416 e. The van der Waals surface area contributed by atoms with Gasteiger partial charge in [0.15, 0.2) is 18.9 Å². The van der Waals surface area contributed by atoms with Crippen molar-refractivity contribution in [1.29, 1.82) is 0 Å². The Morgan fingerprint density at radius 1 is 0.291 bits per heavy atom. The van der Waals surface area contributed by atoms with Gasteiger partial charge in [-0.25, -0.2) is 4.98 Å². The first kappa shape index (κ1) is 93.1. The van der Waals surface area contributed by atoms with Crippen molar-refractivity contribution >= 4 is 34.2 Å². The fourth-order valence-electron chi connectivity index (χ4n) is 16.4. The molecule has 6 fully saturated rings. The Labute approximate surface area is 711 Å². The van der Waals surface area contributed by atoms with Crippen LogP contribution in [0.3, 0.4) is 0 Å². The minimum atomic E-state index is -5.50. The van der Waals surface area contributed by atoms with Crippen molar-refractivity contribution in [3.05, 3.63) is 149 Å². The molecule has 8 aliphatic rings. The predicted octanol–water partition coefficient (Wildman–Crippen LogP) is -3.03. The summed E-state index contributed by atoms with van der Waals surface area (Å²) in [6, 6.07) is 22.5. The van der Waals surface area contributed by atoms with Crippen molar-refractivity contribution in [2.75, 3.05) is 39.6 Å². The maximum absolute atomic E-state index is 15.2. The van der Waals surface area contributed by atoms with Crippen LogP contribution in [0.15, 0.2) is 115 Å². The van der Waals surface area contributed by atoms with E-state index in [0.717, 1.165) is 0 Å². The van der Waals surface area contributed by atoms with Crippen molar-refractivity contribution < 1.29 is 201 Å². The van der Waals surface area contributed by atoms with Crippen LogP contribution in [0, 0.1) is 0 Å². The summed E-state index contributed by atoms with van der Waals surface area (Å²) in [5.74, 6) is -0.623. The average molecular weight is 1810 g/mol. The van der Waals surface area contributed by atoms with Crippen LogP contribution in [-0.4, -0.2) is 361 Å². The van der Waals surface area contributed by atoms with Crippen LogP contribution in [0.5, 0.6) is 17.2 Å². The molecule has 45 heteroatoms. The smallest absolute Gasteiger partial charge is 0.416 e. The molecule has 0 aliphatic carbocycles. The lowest BCUT2D eigenvalue weighted by Crippen LogP contribution is -2.65. The normalized spacial score (nSPS) is 35.5. The summed E-state index contributed by atoms with van der Waals surface area (Å²) in [6.07, 6.45) is -68.9. The summed E-state index contributed by atoms with van der Waals surface area (Å²) in [4.78, 5) is 16.3. The van der Waals surface area contributed by atoms with Gasteiger partial charge < -0.3 is 184 Å². The molecular weight excluding hydrogens is 1710 g/mol. The van der Waals surface area contributed by atoms with Crippen LogP contribution >= 0.6 is 0 Å². The molecule has 25 N–H and O–H groups in total. The molecule has 15 rings (SSSR count). The van der Waals surface area contributed by atoms with Crippen molar-refractivity contribution in [2.24, 2.45) is 0 Å². The number of hydrogen-bond acceptors (Lipinski definition) is 37. The van der Waals surface area contributed by atoms with E-state index in [-0.39, 0.29) is 90.2 Å². The van der Waals surface area contributed by atoms with Gasteiger partial charge in [-0.3, -0.25) is 4.98 Å². The number of nitrogens with one attached hydrogen (secondary N) is 2. The minimum absolute atomic E-state index is 0.00587. The first-order valence-electron chi connectivity index (χ1n) is 39.7. The monoisotopic (exact) mass is 1800 g/mol. The van der Waals surface area contributed by atoms with E-state index in [0.29, 0.717) is 12.1 Å². The van der Waals surface area contributed by atoms with Crippen LogP contribution in [0.25, 0.3) is 78.7 Å². The number of aromatic nitrogens is 4. The summed E-state index contributed by atoms with van der Waals surface area (Å²) in [5, 5.41) is 252. The number of benzene rings is 4. The lowest BCUT2D eigenvalue weighted by atomic mass is 9.95. The molecule has 0 saturated carbocycles. The second-order valence-corrected chi connectivity index (χ2v) is 31.3. The molecule has 0 amide bonds. The lowest BCUT2D eigenvalue weighted by molar-refractivity contribution is -0.352. The van der Waals surface area contributed by atoms with Crippen molar-refractivity contribution in [3.8, 4) is 61.8 Å². The number of aliphatic hydroxyl groups excluding tert-OH is 23. The molecule has 11 heterocycles. The Balaban J connectivity index is 0.889. The summed E-state index contributed by atoms with van der Waals surface area (Å²) < 4.78 is 161. The van der Waals surface area contributed by atoms with Crippen LogP contribution in [0.4, 0.5) is 26.3 Å². The molecule has 0 radical (unpaired) electrons. The van der Waals surface area contributed by atoms with Crippen LogP contribution < -0.4 is 14.2 Å². The fourth-order valence-corrected chi connectivity index (χ4v) is 16.4. The quantitative estimate of drug-likeness (QED) is 0.0300. The second kappa shape index (κ2) is 37.7. The molecule has 127 heavy (non-hydrogen) atoms. The van der Waals surface area contributed by atoms with Crippen molar-refractivity contribution in [2.45, 2.75) is 209 Å². The van der Waals surface area contributed by atoms with Gasteiger partial charge in [-0.1, -0.05) is 36.4 Å². The molecule has 12 unspecified atom stereocenters. The predicted molar refractivity (Wildman–Crippen MR) is 413 cm³/mol. The minimum Gasteiger partial charge on any atom is -0.462 e. The van der Waals surface area contributed by atoms with E-state index in [2.05, 4.69) is 9.97 Å². The molecule has 8 bridgehead atoms. The summed E-state index contributed by atoms with van der Waals surface area (Å²) in [7, 11) is 0. The van der Waals surface area contributed by atoms with Crippen LogP contribution in [0.1, 0.15) is 46.1 Å². The zero-order valence-electron chi connectivity index (χ0n) is 65.7. The number of fused-ring (bicyclic) bond motifs is 8. The lowest BCUT2D eigenvalue weighted by Gasteiger charge is -2.45. The van der Waals surface area contributed by atoms with Crippen LogP contribution in [-0.2, 0) is 55.0 Å². The Kier molecular flexibility index (Phi) is 27.7. The zero-order valence-corrected chi connectivity index (χ0v) is 65.7. The Morgan fingerprint density at radius 2 is 0.567 bits per heavy atom. The number of nitrogens with zero attached hydrogens (tertiary/aromatic N) is 2. The van der Waals surface area contributed by atoms with E-state index in [1.165, 1.54) is 103 Å². The third-order valence-electron chi connectivity index (χ3n) is 23.1. The molecule has 39 nitrogen and oxygen atoms in total. The van der Waals surface area contributed by atoms with E-state index in [1.807, 2.05) is 0 Å². The zero-order chi connectivity index (χ0) is 91.0. The Hall–Kier alpha value is -8.56. The highest BCUT2D eigenvalue weighted by molar-refractivity contribution is 5.98. The summed E-state index contributed by atoms with van der Waals surface area (Å²) in [5.41, 5.74) is -6.98. The van der Waals surface area contributed by atoms with Gasteiger partial charge in [0.05, 0.1) is 73.5 Å². The molecule has 0 spiro atoms. The Morgan fingerprint density at radius 3 is 0.866 bits per heavy atom. The number of H-pyrrole nitrogens is 2. The second-order valence-electron chi connectivity index (χ2n) is 31.3. The molecule has 32 atom stereocenters. The van der Waals surface area contributed by atoms with Crippen molar-refractivity contribution in [1.82, 2.24) is 19.9 Å². The van der Waals surface area contributed by atoms with Gasteiger partial charge in [-0.05, 0) is 113 Å². The highest BCUT2D eigenvalue weighted by Crippen LogP contribution is 2.49. The first-order valence-corrected chi connectivity index (χ1v) is 39.7. The number of rotatable bonds is 22. The number of alkyl halides is 6. The summed E-state index contributed by atoms with van der Waals surface area (Å²) in [6.45, 7) is -5.60. The largest absolute Gasteiger partial charge is 0.462 e. The topological polar surface area (TPSA) is 633 Å². The SMILES string of the molecule is OCC1O[C@@H](Oc2cccc(-c3c4nc(c(-c5cccc(O[C@@H]6OC(CO)[C@@H](O[C@@H]7OC(CO)[C@H](O)[C@H](O)C7O)[C@H](O)C6O)c5)c5ccc([nH]5)c(-c5cc(C(F)(F)F)cc(C(F)(F)F)c5)c5nc(c(-c6cccc(O[C@@H]7OC(CO)[C@@H](O[C@@H]8OC(CO)[C@H](O)[C@H](O)C8O)[C@H](O)C7O)c6)c6ccc3[nH]6)[C@@H](O)[C@H]5O)C=C4)c2)C(O)[C@@H](O)[C@@H]1O[C@@H]1OC(CO)[C@H](O)[C@H](O)C1O.